The number of halogens is 1. The minimum atomic E-state index is -0.407. The maximum Gasteiger partial charge on any atom is 0.179 e. The van der Waals surface area contributed by atoms with Crippen molar-refractivity contribution in [2.24, 2.45) is 0 Å². The third kappa shape index (κ3) is 2.97. The Labute approximate surface area is 110 Å². The Hall–Kier alpha value is -1.10. The molecule has 0 fully saturated rings. The molecule has 1 aromatic heterocycles. The van der Waals surface area contributed by atoms with E-state index in [-0.39, 0.29) is 0 Å². The van der Waals surface area contributed by atoms with Crippen LogP contribution < -0.4 is 0 Å². The van der Waals surface area contributed by atoms with Crippen LogP contribution in [0.15, 0.2) is 31.8 Å². The van der Waals surface area contributed by atoms with Crippen LogP contribution >= 0.6 is 34.9 Å². The van der Waals surface area contributed by atoms with Gasteiger partial charge in [0.05, 0.1) is 16.5 Å². The molecular formula is C10H6FN3S3. The summed E-state index contributed by atoms with van der Waals surface area (Å²) in [4.78, 5) is 0.452. The van der Waals surface area contributed by atoms with Crippen molar-refractivity contribution >= 4 is 34.9 Å². The first-order valence-electron chi connectivity index (χ1n) is 4.48. The third-order valence-electron chi connectivity index (χ3n) is 1.82. The molecule has 0 saturated carbocycles. The van der Waals surface area contributed by atoms with Crippen LogP contribution in [0.5, 0.6) is 0 Å². The second-order valence-electron chi connectivity index (χ2n) is 2.90. The van der Waals surface area contributed by atoms with E-state index in [1.165, 1.54) is 40.9 Å². The standard InChI is InChI=1S/C10H6FN3S3/c1-15-9-13-14-10(17-9)16-8-3-2-6(5-12)4-7(8)11/h2-4H,1H3. The summed E-state index contributed by atoms with van der Waals surface area (Å²) in [5.74, 6) is -0.407. The Morgan fingerprint density at radius 3 is 2.71 bits per heavy atom. The fraction of sp³-hybridized carbons (Fsp3) is 0.100. The van der Waals surface area contributed by atoms with Crippen LogP contribution in [0.1, 0.15) is 5.56 Å². The molecule has 0 aliphatic heterocycles. The fourth-order valence-electron chi connectivity index (χ4n) is 1.07. The van der Waals surface area contributed by atoms with Crippen molar-refractivity contribution in [3.05, 3.63) is 29.6 Å². The molecule has 0 N–H and O–H groups in total. The number of nitrogens with zero attached hydrogens (tertiary/aromatic N) is 3. The highest BCUT2D eigenvalue weighted by Crippen LogP contribution is 2.34. The number of aromatic nitrogens is 2. The fourth-order valence-corrected chi connectivity index (χ4v) is 3.47. The molecule has 0 aliphatic rings. The van der Waals surface area contributed by atoms with E-state index in [1.807, 2.05) is 12.3 Å². The normalized spacial score (nSPS) is 10.2. The van der Waals surface area contributed by atoms with Crippen LogP contribution in [0, 0.1) is 17.1 Å². The van der Waals surface area contributed by atoms with Crippen molar-refractivity contribution in [3.8, 4) is 6.07 Å². The highest BCUT2D eigenvalue weighted by Gasteiger charge is 2.09. The number of thioether (sulfide) groups is 1. The predicted octanol–water partition coefficient (Wildman–Crippen LogP) is 3.42. The van der Waals surface area contributed by atoms with E-state index < -0.39 is 5.82 Å². The Morgan fingerprint density at radius 1 is 1.35 bits per heavy atom. The van der Waals surface area contributed by atoms with Gasteiger partial charge in [-0.25, -0.2) is 4.39 Å². The van der Waals surface area contributed by atoms with Crippen LogP contribution in [0.25, 0.3) is 0 Å². The first kappa shape index (κ1) is 12.4. The first-order chi connectivity index (χ1) is 8.22. The second kappa shape index (κ2) is 5.49. The van der Waals surface area contributed by atoms with Crippen molar-refractivity contribution in [1.29, 1.82) is 5.26 Å². The van der Waals surface area contributed by atoms with Gasteiger partial charge >= 0.3 is 0 Å². The first-order valence-corrected chi connectivity index (χ1v) is 7.33. The summed E-state index contributed by atoms with van der Waals surface area (Å²) in [5, 5.41) is 16.5. The molecule has 0 amide bonds. The van der Waals surface area contributed by atoms with E-state index in [0.29, 0.717) is 14.8 Å². The summed E-state index contributed by atoms with van der Waals surface area (Å²) in [6.07, 6.45) is 1.91. The van der Waals surface area contributed by atoms with E-state index in [1.54, 1.807) is 12.1 Å². The van der Waals surface area contributed by atoms with Crippen LogP contribution in [-0.4, -0.2) is 16.5 Å². The summed E-state index contributed by atoms with van der Waals surface area (Å²) >= 11 is 4.14. The van der Waals surface area contributed by atoms with Crippen molar-refractivity contribution in [2.75, 3.05) is 6.26 Å². The van der Waals surface area contributed by atoms with Gasteiger partial charge in [0.15, 0.2) is 8.68 Å². The zero-order valence-corrected chi connectivity index (χ0v) is 11.1. The summed E-state index contributed by atoms with van der Waals surface area (Å²) in [6.45, 7) is 0. The van der Waals surface area contributed by atoms with Crippen molar-refractivity contribution in [2.45, 2.75) is 13.6 Å². The van der Waals surface area contributed by atoms with E-state index in [9.17, 15) is 4.39 Å². The lowest BCUT2D eigenvalue weighted by atomic mass is 10.2. The van der Waals surface area contributed by atoms with Crippen molar-refractivity contribution in [1.82, 2.24) is 10.2 Å². The van der Waals surface area contributed by atoms with Crippen molar-refractivity contribution in [3.63, 3.8) is 0 Å². The lowest BCUT2D eigenvalue weighted by Crippen LogP contribution is -1.83. The zero-order chi connectivity index (χ0) is 12.3. The molecule has 0 bridgehead atoms. The van der Waals surface area contributed by atoms with Gasteiger partial charge in [0.25, 0.3) is 0 Å². The van der Waals surface area contributed by atoms with Gasteiger partial charge in [-0.1, -0.05) is 34.9 Å². The van der Waals surface area contributed by atoms with Gasteiger partial charge in [0.1, 0.15) is 5.82 Å². The maximum atomic E-state index is 13.6. The third-order valence-corrected chi connectivity index (χ3v) is 4.82. The molecule has 17 heavy (non-hydrogen) atoms. The molecule has 0 spiro atoms. The number of benzene rings is 1. The molecule has 2 aromatic rings. The Bertz CT molecular complexity index is 576. The molecule has 0 saturated heterocycles. The lowest BCUT2D eigenvalue weighted by Gasteiger charge is -1.99. The molecule has 0 atom stereocenters. The highest BCUT2D eigenvalue weighted by molar-refractivity contribution is 8.03. The van der Waals surface area contributed by atoms with Crippen LogP contribution in [0.3, 0.4) is 0 Å². The van der Waals surface area contributed by atoms with Crippen LogP contribution in [0.4, 0.5) is 4.39 Å². The van der Waals surface area contributed by atoms with Gasteiger partial charge in [-0.05, 0) is 24.5 Å². The lowest BCUT2D eigenvalue weighted by molar-refractivity contribution is 0.601. The van der Waals surface area contributed by atoms with Gasteiger partial charge in [0, 0.05) is 0 Å². The van der Waals surface area contributed by atoms with Gasteiger partial charge in [-0.2, -0.15) is 5.26 Å². The highest BCUT2D eigenvalue weighted by atomic mass is 32.2. The number of hydrogen-bond acceptors (Lipinski definition) is 6. The molecule has 0 aliphatic carbocycles. The van der Waals surface area contributed by atoms with Crippen LogP contribution in [0.2, 0.25) is 0 Å². The number of rotatable bonds is 3. The maximum absolute atomic E-state index is 13.6. The summed E-state index contributed by atoms with van der Waals surface area (Å²) in [5.41, 5.74) is 0.314. The molecular weight excluding hydrogens is 277 g/mol. The predicted molar refractivity (Wildman–Crippen MR) is 66.9 cm³/mol. The molecule has 1 heterocycles. The van der Waals surface area contributed by atoms with Crippen LogP contribution in [-0.2, 0) is 0 Å². The SMILES string of the molecule is CSc1nnc(Sc2ccc(C#N)cc2F)s1. The Balaban J connectivity index is 2.21. The molecule has 7 heteroatoms. The largest absolute Gasteiger partial charge is 0.206 e. The smallest absolute Gasteiger partial charge is 0.179 e. The Kier molecular flexibility index (Phi) is 3.99. The van der Waals surface area contributed by atoms with E-state index in [4.69, 9.17) is 5.26 Å². The molecule has 2 rings (SSSR count). The quantitative estimate of drug-likeness (QED) is 0.808. The van der Waals surface area contributed by atoms with Gasteiger partial charge in [-0.15, -0.1) is 10.2 Å². The van der Waals surface area contributed by atoms with E-state index >= 15 is 0 Å². The number of nitriles is 1. The Morgan fingerprint density at radius 2 is 2.12 bits per heavy atom. The molecule has 0 unspecified atom stereocenters. The summed E-state index contributed by atoms with van der Waals surface area (Å²) in [7, 11) is 0. The van der Waals surface area contributed by atoms with E-state index in [0.717, 1.165) is 4.34 Å². The summed E-state index contributed by atoms with van der Waals surface area (Å²) in [6, 6.07) is 6.28. The average molecular weight is 283 g/mol. The van der Waals surface area contributed by atoms with Gasteiger partial charge < -0.3 is 0 Å². The second-order valence-corrected chi connectivity index (χ2v) is 6.22. The summed E-state index contributed by atoms with van der Waals surface area (Å²) < 4.78 is 15.1. The topological polar surface area (TPSA) is 49.6 Å². The molecule has 1 aromatic carbocycles. The number of hydrogen-bond donors (Lipinski definition) is 0. The molecule has 86 valence electrons. The zero-order valence-electron chi connectivity index (χ0n) is 8.68. The average Bonchev–Trinajstić information content (AvgIpc) is 2.79. The van der Waals surface area contributed by atoms with E-state index in [2.05, 4.69) is 10.2 Å². The molecule has 0 radical (unpaired) electrons. The monoisotopic (exact) mass is 283 g/mol. The van der Waals surface area contributed by atoms with Crippen molar-refractivity contribution < 1.29 is 4.39 Å². The van der Waals surface area contributed by atoms with Gasteiger partial charge in [-0.3, -0.25) is 0 Å². The minimum absolute atomic E-state index is 0.314. The van der Waals surface area contributed by atoms with Gasteiger partial charge in [0.2, 0.25) is 0 Å². The molecule has 3 nitrogen and oxygen atoms in total. The minimum Gasteiger partial charge on any atom is -0.206 e.